The summed E-state index contributed by atoms with van der Waals surface area (Å²) in [7, 11) is 0. The molecule has 1 aromatic heterocycles. The lowest BCUT2D eigenvalue weighted by molar-refractivity contribution is 0.678. The van der Waals surface area contributed by atoms with Gasteiger partial charge in [0.1, 0.15) is 0 Å². The molecule has 1 aliphatic rings. The van der Waals surface area contributed by atoms with Gasteiger partial charge in [-0.15, -0.1) is 11.3 Å². The van der Waals surface area contributed by atoms with E-state index in [1.807, 2.05) is 17.5 Å². The number of thiazole rings is 1. The van der Waals surface area contributed by atoms with Crippen molar-refractivity contribution < 1.29 is 0 Å². The van der Waals surface area contributed by atoms with E-state index in [0.29, 0.717) is 12.0 Å². The Morgan fingerprint density at radius 2 is 2.17 bits per heavy atom. The molecule has 1 saturated carbocycles. The lowest BCUT2D eigenvalue weighted by Crippen LogP contribution is -2.16. The maximum absolute atomic E-state index is 4.39. The van der Waals surface area contributed by atoms with Gasteiger partial charge in [-0.1, -0.05) is 37.3 Å². The molecule has 2 nitrogen and oxygen atoms in total. The Morgan fingerprint density at radius 3 is 2.89 bits per heavy atom. The Hall–Kier alpha value is -1.19. The van der Waals surface area contributed by atoms with Crippen molar-refractivity contribution in [2.45, 2.75) is 38.3 Å². The zero-order valence-electron chi connectivity index (χ0n) is 10.6. The first-order chi connectivity index (χ1) is 8.86. The predicted molar refractivity (Wildman–Crippen MR) is 75.9 cm³/mol. The van der Waals surface area contributed by atoms with E-state index in [1.165, 1.54) is 21.9 Å². The van der Waals surface area contributed by atoms with Crippen LogP contribution in [-0.2, 0) is 13.0 Å². The highest BCUT2D eigenvalue weighted by Crippen LogP contribution is 2.40. The molecule has 3 rings (SSSR count). The minimum absolute atomic E-state index is 0.652. The highest BCUT2D eigenvalue weighted by atomic mass is 32.1. The lowest BCUT2D eigenvalue weighted by Gasteiger charge is -2.02. The summed E-state index contributed by atoms with van der Waals surface area (Å²) in [6.45, 7) is 3.12. The van der Waals surface area contributed by atoms with Crippen LogP contribution in [0.4, 0.5) is 0 Å². The number of hydrogen-bond donors (Lipinski definition) is 1. The maximum atomic E-state index is 4.39. The first-order valence-corrected chi connectivity index (χ1v) is 7.40. The average molecular weight is 258 g/mol. The molecule has 2 aromatic rings. The summed E-state index contributed by atoms with van der Waals surface area (Å²) in [5.74, 6) is 0.713. The molecule has 3 heteroatoms. The zero-order chi connectivity index (χ0) is 12.4. The fourth-order valence-corrected chi connectivity index (χ4v) is 3.13. The first-order valence-electron chi connectivity index (χ1n) is 6.58. The summed E-state index contributed by atoms with van der Waals surface area (Å²) in [6.07, 6.45) is 4.32. The zero-order valence-corrected chi connectivity index (χ0v) is 11.4. The van der Waals surface area contributed by atoms with Crippen LogP contribution in [-0.4, -0.2) is 11.0 Å². The van der Waals surface area contributed by atoms with Crippen molar-refractivity contribution in [1.29, 1.82) is 0 Å². The summed E-state index contributed by atoms with van der Waals surface area (Å²) in [6, 6.07) is 11.4. The number of nitrogens with one attached hydrogen (secondary N) is 1. The third-order valence-electron chi connectivity index (χ3n) is 3.46. The maximum Gasteiger partial charge on any atom is 0.0925 e. The first kappa shape index (κ1) is 11.9. The molecular weight excluding hydrogens is 240 g/mol. The van der Waals surface area contributed by atoms with Crippen molar-refractivity contribution in [3.8, 4) is 0 Å². The quantitative estimate of drug-likeness (QED) is 0.889. The van der Waals surface area contributed by atoms with E-state index in [2.05, 4.69) is 47.6 Å². The number of nitrogens with zero attached hydrogens (tertiary/aromatic N) is 1. The average Bonchev–Trinajstić information content (AvgIpc) is 3.06. The number of aryl methyl sites for hydroxylation is 1. The van der Waals surface area contributed by atoms with Crippen LogP contribution in [0, 0.1) is 0 Å². The number of rotatable bonds is 5. The highest BCUT2D eigenvalue weighted by molar-refractivity contribution is 7.11. The third kappa shape index (κ3) is 2.62. The molecule has 94 valence electrons. The minimum Gasteiger partial charge on any atom is -0.308 e. The molecule has 1 aromatic carbocycles. The van der Waals surface area contributed by atoms with Gasteiger partial charge in [0.15, 0.2) is 0 Å². The van der Waals surface area contributed by atoms with Crippen LogP contribution >= 0.6 is 11.3 Å². The fraction of sp³-hybridized carbons (Fsp3) is 0.400. The van der Waals surface area contributed by atoms with Crippen LogP contribution in [0.2, 0.25) is 0 Å². The summed E-state index contributed by atoms with van der Waals surface area (Å²) < 4.78 is 0. The van der Waals surface area contributed by atoms with Crippen molar-refractivity contribution in [1.82, 2.24) is 10.3 Å². The van der Waals surface area contributed by atoms with Gasteiger partial charge >= 0.3 is 0 Å². The topological polar surface area (TPSA) is 24.9 Å². The molecule has 1 aliphatic carbocycles. The molecule has 18 heavy (non-hydrogen) atoms. The summed E-state index contributed by atoms with van der Waals surface area (Å²) in [5.41, 5.74) is 1.47. The Kier molecular flexibility index (Phi) is 3.43. The minimum atomic E-state index is 0.652. The Bertz CT molecular complexity index is 506. The van der Waals surface area contributed by atoms with Crippen molar-refractivity contribution in [2.75, 3.05) is 0 Å². The van der Waals surface area contributed by atoms with Gasteiger partial charge in [0.05, 0.1) is 5.01 Å². The molecule has 1 fully saturated rings. The van der Waals surface area contributed by atoms with Gasteiger partial charge in [0.2, 0.25) is 0 Å². The SMILES string of the molecule is CCc1ncc(CNC2CC2c2ccccc2)s1. The molecule has 2 atom stereocenters. The predicted octanol–water partition coefficient (Wildman–Crippen LogP) is 3.35. The van der Waals surface area contributed by atoms with Crippen LogP contribution < -0.4 is 5.32 Å². The second-order valence-electron chi connectivity index (χ2n) is 4.81. The van der Waals surface area contributed by atoms with E-state index in [9.17, 15) is 0 Å². The van der Waals surface area contributed by atoms with Crippen LogP contribution in [0.5, 0.6) is 0 Å². The fourth-order valence-electron chi connectivity index (χ4n) is 2.31. The van der Waals surface area contributed by atoms with Crippen LogP contribution in [0.15, 0.2) is 36.5 Å². The van der Waals surface area contributed by atoms with Gasteiger partial charge in [-0.3, -0.25) is 0 Å². The largest absolute Gasteiger partial charge is 0.308 e. The van der Waals surface area contributed by atoms with Crippen LogP contribution in [0.3, 0.4) is 0 Å². The van der Waals surface area contributed by atoms with Gasteiger partial charge in [-0.05, 0) is 18.4 Å². The molecule has 1 heterocycles. The molecule has 0 bridgehead atoms. The van der Waals surface area contributed by atoms with E-state index in [-0.39, 0.29) is 0 Å². The van der Waals surface area contributed by atoms with E-state index in [1.54, 1.807) is 0 Å². The van der Waals surface area contributed by atoms with Crippen molar-refractivity contribution in [2.24, 2.45) is 0 Å². The molecule has 1 N–H and O–H groups in total. The van der Waals surface area contributed by atoms with Gasteiger partial charge in [0.25, 0.3) is 0 Å². The Morgan fingerprint density at radius 1 is 1.33 bits per heavy atom. The molecule has 2 unspecified atom stereocenters. The number of hydrogen-bond acceptors (Lipinski definition) is 3. The summed E-state index contributed by atoms with van der Waals surface area (Å²) >= 11 is 1.83. The molecule has 0 radical (unpaired) electrons. The molecule has 0 amide bonds. The van der Waals surface area contributed by atoms with Crippen molar-refractivity contribution in [3.05, 3.63) is 52.0 Å². The molecule has 0 aliphatic heterocycles. The summed E-state index contributed by atoms with van der Waals surface area (Å²) in [4.78, 5) is 5.74. The highest BCUT2D eigenvalue weighted by Gasteiger charge is 2.37. The third-order valence-corrected chi connectivity index (χ3v) is 4.60. The van der Waals surface area contributed by atoms with E-state index < -0.39 is 0 Å². The smallest absolute Gasteiger partial charge is 0.0925 e. The van der Waals surface area contributed by atoms with Crippen LogP contribution in [0.25, 0.3) is 0 Å². The lowest BCUT2D eigenvalue weighted by atomic mass is 10.1. The molecule has 0 spiro atoms. The Labute approximate surface area is 112 Å². The molecular formula is C15H18N2S. The standard InChI is InChI=1S/C15H18N2S/c1-2-15-17-10-12(18-15)9-16-14-8-13(14)11-6-4-3-5-7-11/h3-7,10,13-14,16H,2,8-9H2,1H3. The van der Waals surface area contributed by atoms with Crippen molar-refractivity contribution >= 4 is 11.3 Å². The number of benzene rings is 1. The number of aromatic nitrogens is 1. The van der Waals surface area contributed by atoms with Crippen LogP contribution in [0.1, 0.15) is 34.7 Å². The van der Waals surface area contributed by atoms with Gasteiger partial charge < -0.3 is 5.32 Å². The van der Waals surface area contributed by atoms with E-state index in [4.69, 9.17) is 0 Å². The normalized spacial score (nSPS) is 22.1. The Balaban J connectivity index is 1.51. The van der Waals surface area contributed by atoms with Gasteiger partial charge in [0, 0.05) is 29.6 Å². The monoisotopic (exact) mass is 258 g/mol. The van der Waals surface area contributed by atoms with E-state index in [0.717, 1.165) is 13.0 Å². The van der Waals surface area contributed by atoms with Crippen molar-refractivity contribution in [3.63, 3.8) is 0 Å². The van der Waals surface area contributed by atoms with Gasteiger partial charge in [-0.2, -0.15) is 0 Å². The molecule has 0 saturated heterocycles. The van der Waals surface area contributed by atoms with Gasteiger partial charge in [-0.25, -0.2) is 4.98 Å². The second-order valence-corrected chi connectivity index (χ2v) is 6.01. The van der Waals surface area contributed by atoms with E-state index >= 15 is 0 Å². The second kappa shape index (κ2) is 5.21. The summed E-state index contributed by atoms with van der Waals surface area (Å²) in [5, 5.41) is 4.87.